The number of halogens is 1. The summed E-state index contributed by atoms with van der Waals surface area (Å²) < 4.78 is 18.4. The van der Waals surface area contributed by atoms with Crippen molar-refractivity contribution < 1.29 is 18.7 Å². The predicted octanol–water partition coefficient (Wildman–Crippen LogP) is 4.38. The molecular formula is C17H18FNO3S. The van der Waals surface area contributed by atoms with Gasteiger partial charge >= 0.3 is 5.97 Å². The minimum Gasteiger partial charge on any atom is -0.454 e. The van der Waals surface area contributed by atoms with Crippen molar-refractivity contribution in [2.45, 2.75) is 33.8 Å². The van der Waals surface area contributed by atoms with Crippen LogP contribution >= 0.6 is 11.3 Å². The molecule has 1 heterocycles. The van der Waals surface area contributed by atoms with E-state index in [0.29, 0.717) is 16.1 Å². The van der Waals surface area contributed by atoms with E-state index in [2.05, 4.69) is 5.32 Å². The largest absolute Gasteiger partial charge is 0.454 e. The van der Waals surface area contributed by atoms with Gasteiger partial charge in [0, 0.05) is 11.8 Å². The minimum atomic E-state index is -0.520. The third kappa shape index (κ3) is 3.96. The summed E-state index contributed by atoms with van der Waals surface area (Å²) in [5.74, 6) is -1.09. The first-order valence-electron chi connectivity index (χ1n) is 7.13. The van der Waals surface area contributed by atoms with Gasteiger partial charge < -0.3 is 10.1 Å². The first-order valence-corrected chi connectivity index (χ1v) is 7.95. The summed E-state index contributed by atoms with van der Waals surface area (Å²) in [5, 5.41) is 3.16. The average Bonchev–Trinajstić information content (AvgIpc) is 2.73. The number of hydrogen-bond donors (Lipinski definition) is 1. The topological polar surface area (TPSA) is 55.4 Å². The molecule has 0 saturated heterocycles. The summed E-state index contributed by atoms with van der Waals surface area (Å²) in [4.78, 5) is 24.7. The third-order valence-corrected chi connectivity index (χ3v) is 4.62. The van der Waals surface area contributed by atoms with E-state index >= 15 is 0 Å². The van der Waals surface area contributed by atoms with E-state index in [1.807, 2.05) is 13.8 Å². The number of carbonyl (C=O) groups excluding carboxylic acids is 2. The summed E-state index contributed by atoms with van der Waals surface area (Å²) in [7, 11) is 0. The summed E-state index contributed by atoms with van der Waals surface area (Å²) in [6, 6.07) is 5.80. The highest BCUT2D eigenvalue weighted by atomic mass is 32.1. The Morgan fingerprint density at radius 1 is 1.22 bits per heavy atom. The summed E-state index contributed by atoms with van der Waals surface area (Å²) >= 11 is 1.34. The molecule has 0 bridgehead atoms. The fourth-order valence-corrected chi connectivity index (χ4v) is 3.24. The van der Waals surface area contributed by atoms with Crippen LogP contribution in [-0.2, 0) is 9.53 Å². The number of carbonyl (C=O) groups is 2. The van der Waals surface area contributed by atoms with Crippen molar-refractivity contribution in [3.8, 4) is 0 Å². The molecule has 2 rings (SSSR count). The Morgan fingerprint density at radius 2 is 1.83 bits per heavy atom. The van der Waals surface area contributed by atoms with Crippen LogP contribution in [0.15, 0.2) is 24.3 Å². The lowest BCUT2D eigenvalue weighted by molar-refractivity contribution is -0.114. The number of nitrogens with one attached hydrogen (secondary N) is 1. The van der Waals surface area contributed by atoms with Crippen LogP contribution in [0.1, 0.15) is 46.3 Å². The van der Waals surface area contributed by atoms with Gasteiger partial charge in [-0.2, -0.15) is 0 Å². The SMILES string of the molecule is CC(=O)Nc1sc(C)c(C)c1C(=O)O[C@H](C)c1ccc(F)cc1. The molecule has 23 heavy (non-hydrogen) atoms. The lowest BCUT2D eigenvalue weighted by Gasteiger charge is -2.14. The van der Waals surface area contributed by atoms with Gasteiger partial charge in [-0.3, -0.25) is 4.79 Å². The predicted molar refractivity (Wildman–Crippen MR) is 88.3 cm³/mol. The molecule has 122 valence electrons. The molecule has 0 unspecified atom stereocenters. The molecule has 0 aliphatic heterocycles. The van der Waals surface area contributed by atoms with Crippen LogP contribution < -0.4 is 5.32 Å². The van der Waals surface area contributed by atoms with E-state index in [1.54, 1.807) is 19.1 Å². The highest BCUT2D eigenvalue weighted by Crippen LogP contribution is 2.34. The second-order valence-electron chi connectivity index (χ2n) is 5.27. The molecule has 0 aliphatic rings. The van der Waals surface area contributed by atoms with Gasteiger partial charge in [0.15, 0.2) is 0 Å². The standard InChI is InChI=1S/C17H18FNO3S/c1-9-11(3)23-16(19-12(4)20)15(9)17(21)22-10(2)13-5-7-14(18)8-6-13/h5-8,10H,1-4H3,(H,19,20)/t10-/m1/s1. The van der Waals surface area contributed by atoms with E-state index in [-0.39, 0.29) is 11.7 Å². The number of aryl methyl sites for hydroxylation is 1. The molecule has 4 nitrogen and oxygen atoms in total. The van der Waals surface area contributed by atoms with Crippen molar-refractivity contribution in [3.63, 3.8) is 0 Å². The van der Waals surface area contributed by atoms with Crippen LogP contribution in [0.25, 0.3) is 0 Å². The fourth-order valence-electron chi connectivity index (χ4n) is 2.14. The molecule has 0 spiro atoms. The molecular weight excluding hydrogens is 317 g/mol. The van der Waals surface area contributed by atoms with Gasteiger partial charge in [0.1, 0.15) is 16.9 Å². The number of rotatable bonds is 4. The van der Waals surface area contributed by atoms with Gasteiger partial charge in [-0.25, -0.2) is 9.18 Å². The van der Waals surface area contributed by atoms with Gasteiger partial charge in [0.2, 0.25) is 5.91 Å². The van der Waals surface area contributed by atoms with E-state index in [0.717, 1.165) is 10.4 Å². The van der Waals surface area contributed by atoms with Crippen LogP contribution in [0.4, 0.5) is 9.39 Å². The van der Waals surface area contributed by atoms with Gasteiger partial charge in [-0.1, -0.05) is 12.1 Å². The molecule has 6 heteroatoms. The van der Waals surface area contributed by atoms with Crippen molar-refractivity contribution in [3.05, 3.63) is 51.7 Å². The normalized spacial score (nSPS) is 11.9. The Morgan fingerprint density at radius 3 is 2.39 bits per heavy atom. The van der Waals surface area contributed by atoms with Crippen molar-refractivity contribution in [2.75, 3.05) is 5.32 Å². The minimum absolute atomic E-state index is 0.244. The quantitative estimate of drug-likeness (QED) is 0.844. The van der Waals surface area contributed by atoms with Crippen LogP contribution in [0.2, 0.25) is 0 Å². The summed E-state index contributed by atoms with van der Waals surface area (Å²) in [6.07, 6.45) is -0.520. The molecule has 2 aromatic rings. The zero-order chi connectivity index (χ0) is 17.1. The van der Waals surface area contributed by atoms with E-state index < -0.39 is 12.1 Å². The molecule has 1 atom stereocenters. The maximum atomic E-state index is 13.0. The Labute approximate surface area is 138 Å². The van der Waals surface area contributed by atoms with E-state index in [1.165, 1.54) is 30.4 Å². The molecule has 0 aliphatic carbocycles. The van der Waals surface area contributed by atoms with Crippen molar-refractivity contribution >= 4 is 28.2 Å². The van der Waals surface area contributed by atoms with Gasteiger partial charge in [-0.15, -0.1) is 11.3 Å². The smallest absolute Gasteiger partial charge is 0.342 e. The van der Waals surface area contributed by atoms with Crippen LogP contribution in [0.3, 0.4) is 0 Å². The molecule has 1 aromatic heterocycles. The van der Waals surface area contributed by atoms with Crippen LogP contribution in [0.5, 0.6) is 0 Å². The first-order chi connectivity index (χ1) is 10.8. The molecule has 1 aromatic carbocycles. The zero-order valence-corrected chi connectivity index (χ0v) is 14.2. The highest BCUT2D eigenvalue weighted by Gasteiger charge is 2.23. The van der Waals surface area contributed by atoms with Crippen molar-refractivity contribution in [2.24, 2.45) is 0 Å². The lowest BCUT2D eigenvalue weighted by Crippen LogP contribution is -2.13. The number of amides is 1. The van der Waals surface area contributed by atoms with Gasteiger partial charge in [0.25, 0.3) is 0 Å². The average molecular weight is 335 g/mol. The lowest BCUT2D eigenvalue weighted by atomic mass is 10.1. The third-order valence-electron chi connectivity index (χ3n) is 3.50. The number of anilines is 1. The Kier molecular flexibility index (Phi) is 5.15. The fraction of sp³-hybridized carbons (Fsp3) is 0.294. The first kappa shape index (κ1) is 17.1. The van der Waals surface area contributed by atoms with Gasteiger partial charge in [-0.05, 0) is 44.0 Å². The highest BCUT2D eigenvalue weighted by molar-refractivity contribution is 7.16. The number of thiophene rings is 1. The zero-order valence-electron chi connectivity index (χ0n) is 13.4. The second-order valence-corrected chi connectivity index (χ2v) is 6.49. The van der Waals surface area contributed by atoms with Crippen LogP contribution in [0, 0.1) is 19.7 Å². The summed E-state index contributed by atoms with van der Waals surface area (Å²) in [5.41, 5.74) is 1.86. The Hall–Kier alpha value is -2.21. The number of esters is 1. The van der Waals surface area contributed by atoms with Crippen molar-refractivity contribution in [1.82, 2.24) is 0 Å². The maximum Gasteiger partial charge on any atom is 0.342 e. The number of ether oxygens (including phenoxy) is 1. The Bertz CT molecular complexity index is 737. The number of benzene rings is 1. The van der Waals surface area contributed by atoms with E-state index in [9.17, 15) is 14.0 Å². The molecule has 0 fully saturated rings. The molecule has 1 amide bonds. The molecule has 0 saturated carbocycles. The molecule has 1 N–H and O–H groups in total. The van der Waals surface area contributed by atoms with E-state index in [4.69, 9.17) is 4.74 Å². The monoisotopic (exact) mass is 335 g/mol. The molecule has 0 radical (unpaired) electrons. The van der Waals surface area contributed by atoms with Gasteiger partial charge in [0.05, 0.1) is 5.56 Å². The Balaban J connectivity index is 2.23. The second kappa shape index (κ2) is 6.91. The van der Waals surface area contributed by atoms with Crippen LogP contribution in [-0.4, -0.2) is 11.9 Å². The summed E-state index contributed by atoms with van der Waals surface area (Å²) in [6.45, 7) is 6.81. The maximum absolute atomic E-state index is 13.0. The number of hydrogen-bond acceptors (Lipinski definition) is 4. The van der Waals surface area contributed by atoms with Crippen molar-refractivity contribution in [1.29, 1.82) is 0 Å².